The van der Waals surface area contributed by atoms with Crippen LogP contribution in [-0.4, -0.2) is 95.8 Å². The van der Waals surface area contributed by atoms with Crippen molar-refractivity contribution in [2.45, 2.75) is 24.2 Å². The highest BCUT2D eigenvalue weighted by Crippen LogP contribution is 2.54. The molecule has 3 aliphatic rings. The summed E-state index contributed by atoms with van der Waals surface area (Å²) in [6.45, 7) is 0. The molecule has 3 aliphatic carbocycles. The molecule has 0 aliphatic heterocycles. The lowest BCUT2D eigenvalue weighted by Crippen LogP contribution is -2.70. The fourth-order valence-corrected chi connectivity index (χ4v) is 5.94. The number of ether oxygens (including phenoxy) is 1. The largest absolute Gasteiger partial charge is 0.508 e. The fourth-order valence-electron chi connectivity index (χ4n) is 5.94. The van der Waals surface area contributed by atoms with Crippen LogP contribution in [0.3, 0.4) is 0 Å². The third-order valence-corrected chi connectivity index (χ3v) is 7.39. The number of nitrogens with zero attached hydrogens (tertiary/aromatic N) is 2. The lowest BCUT2D eigenvalue weighted by atomic mass is 9.56. The van der Waals surface area contributed by atoms with Crippen LogP contribution in [0.5, 0.6) is 5.75 Å². The number of nitrogens with two attached hydrogens (primary N) is 1. The number of likely N-dealkylation sites (N-methyl/N-ethyl adjacent to an activating group) is 1. The maximum absolute atomic E-state index is 13.9. The SMILES string of the molecule is CO[C@@H]1[C@H]2[C@H](N(C)C)C(=O)C(C(N)=O)=C(O)[C@@]2(O)C(=O)C2=C(O)c3c(O)ccc(N(C)C)c3C[C@H]21. The van der Waals surface area contributed by atoms with E-state index in [-0.39, 0.29) is 23.3 Å². The van der Waals surface area contributed by atoms with E-state index in [1.807, 2.05) is 0 Å². The lowest BCUT2D eigenvalue weighted by Gasteiger charge is -2.53. The number of phenolic OH excluding ortho intramolecular Hbond substituents is 1. The van der Waals surface area contributed by atoms with Crippen LogP contribution in [0.4, 0.5) is 5.69 Å². The summed E-state index contributed by atoms with van der Waals surface area (Å²) in [6, 6.07) is 1.82. The van der Waals surface area contributed by atoms with Gasteiger partial charge in [-0.05, 0) is 38.2 Å². The number of ketones is 2. The van der Waals surface area contributed by atoms with Crippen molar-refractivity contribution in [3.8, 4) is 5.75 Å². The first kappa shape index (κ1) is 24.7. The van der Waals surface area contributed by atoms with E-state index in [0.717, 1.165) is 0 Å². The summed E-state index contributed by atoms with van der Waals surface area (Å²) in [7, 11) is 7.97. The summed E-state index contributed by atoms with van der Waals surface area (Å²) in [5, 5.41) is 44.5. The summed E-state index contributed by atoms with van der Waals surface area (Å²) >= 11 is 0. The molecule has 1 aromatic carbocycles. The minimum Gasteiger partial charge on any atom is -0.508 e. The number of rotatable bonds is 4. The Kier molecular flexibility index (Phi) is 5.70. The molecule has 35 heavy (non-hydrogen) atoms. The second-order valence-corrected chi connectivity index (χ2v) is 9.61. The number of aliphatic hydroxyl groups excluding tert-OH is 2. The number of carbonyl (C=O) groups is 3. The van der Waals surface area contributed by atoms with Crippen LogP contribution in [0.15, 0.2) is 29.0 Å². The molecule has 188 valence electrons. The highest BCUT2D eigenvalue weighted by molar-refractivity contribution is 6.24. The molecule has 0 spiro atoms. The van der Waals surface area contributed by atoms with E-state index >= 15 is 0 Å². The first-order valence-electron chi connectivity index (χ1n) is 11.0. The van der Waals surface area contributed by atoms with E-state index in [0.29, 0.717) is 11.3 Å². The number of amides is 1. The number of hydrogen-bond acceptors (Lipinski definition) is 10. The average molecular weight is 488 g/mol. The summed E-state index contributed by atoms with van der Waals surface area (Å²) in [4.78, 5) is 42.4. The number of aromatic hydroxyl groups is 1. The van der Waals surface area contributed by atoms with E-state index in [1.165, 1.54) is 32.2 Å². The molecule has 1 amide bonds. The number of hydrogen-bond donors (Lipinski definition) is 5. The molecule has 0 aromatic heterocycles. The van der Waals surface area contributed by atoms with Gasteiger partial charge in [0.05, 0.1) is 23.6 Å². The lowest BCUT2D eigenvalue weighted by molar-refractivity contribution is -0.171. The molecule has 11 nitrogen and oxygen atoms in total. The number of Topliss-reactive ketones (excluding diaryl/α,β-unsaturated/α-hetero) is 2. The Bertz CT molecular complexity index is 1220. The smallest absolute Gasteiger partial charge is 0.255 e. The molecule has 5 atom stereocenters. The molecule has 0 saturated heterocycles. The van der Waals surface area contributed by atoms with Crippen LogP contribution in [0.25, 0.3) is 5.76 Å². The van der Waals surface area contributed by atoms with Gasteiger partial charge in [0, 0.05) is 38.4 Å². The fraction of sp³-hybridized carbons (Fsp3) is 0.458. The Morgan fingerprint density at radius 2 is 1.77 bits per heavy atom. The number of fused-ring (bicyclic) bond motifs is 3. The predicted octanol–water partition coefficient (Wildman–Crippen LogP) is -0.345. The number of carbonyl (C=O) groups excluding carboxylic acids is 3. The van der Waals surface area contributed by atoms with Gasteiger partial charge in [0.15, 0.2) is 11.4 Å². The maximum Gasteiger partial charge on any atom is 0.255 e. The second kappa shape index (κ2) is 8.08. The van der Waals surface area contributed by atoms with Crippen molar-refractivity contribution in [3.05, 3.63) is 40.2 Å². The van der Waals surface area contributed by atoms with Crippen molar-refractivity contribution in [3.63, 3.8) is 0 Å². The molecule has 4 rings (SSSR count). The average Bonchev–Trinajstić information content (AvgIpc) is 2.75. The molecule has 0 heterocycles. The molecule has 6 N–H and O–H groups in total. The monoisotopic (exact) mass is 487 g/mol. The Morgan fingerprint density at radius 3 is 2.29 bits per heavy atom. The van der Waals surface area contributed by atoms with E-state index in [9.17, 15) is 34.8 Å². The third-order valence-electron chi connectivity index (χ3n) is 7.39. The van der Waals surface area contributed by atoms with Crippen molar-refractivity contribution >= 4 is 28.9 Å². The molecule has 1 saturated carbocycles. The maximum atomic E-state index is 13.9. The molecule has 1 fully saturated rings. The van der Waals surface area contributed by atoms with E-state index in [4.69, 9.17) is 10.5 Å². The van der Waals surface area contributed by atoms with Gasteiger partial charge in [-0.2, -0.15) is 0 Å². The van der Waals surface area contributed by atoms with Crippen LogP contribution >= 0.6 is 0 Å². The van der Waals surface area contributed by atoms with Crippen molar-refractivity contribution < 1.29 is 39.5 Å². The van der Waals surface area contributed by atoms with Gasteiger partial charge >= 0.3 is 0 Å². The van der Waals surface area contributed by atoms with Crippen LogP contribution in [0, 0.1) is 11.8 Å². The normalized spacial score (nSPS) is 30.3. The zero-order valence-corrected chi connectivity index (χ0v) is 20.1. The summed E-state index contributed by atoms with van der Waals surface area (Å²) in [6.07, 6.45) is -0.914. The van der Waals surface area contributed by atoms with Crippen molar-refractivity contribution in [2.75, 3.05) is 40.2 Å². The number of benzene rings is 1. The zero-order valence-electron chi connectivity index (χ0n) is 20.1. The highest BCUT2D eigenvalue weighted by Gasteiger charge is 2.68. The third kappa shape index (κ3) is 3.12. The number of anilines is 1. The number of primary amides is 1. The van der Waals surface area contributed by atoms with Crippen LogP contribution in [0.1, 0.15) is 11.1 Å². The number of aliphatic hydroxyl groups is 3. The highest BCUT2D eigenvalue weighted by atomic mass is 16.5. The minimum absolute atomic E-state index is 0.0299. The van der Waals surface area contributed by atoms with E-state index in [2.05, 4.69) is 0 Å². The van der Waals surface area contributed by atoms with E-state index in [1.54, 1.807) is 25.1 Å². The van der Waals surface area contributed by atoms with Gasteiger partial charge in [0.25, 0.3) is 5.91 Å². The Morgan fingerprint density at radius 1 is 1.14 bits per heavy atom. The molecule has 0 unspecified atom stereocenters. The topological polar surface area (TPSA) is 174 Å². The Hall–Kier alpha value is -3.41. The summed E-state index contributed by atoms with van der Waals surface area (Å²) in [5.41, 5.74) is 2.70. The first-order chi connectivity index (χ1) is 16.3. The first-order valence-corrected chi connectivity index (χ1v) is 11.0. The molecule has 0 bridgehead atoms. The van der Waals surface area contributed by atoms with Crippen LogP contribution < -0.4 is 10.6 Å². The molecular weight excluding hydrogens is 458 g/mol. The van der Waals surface area contributed by atoms with Gasteiger partial charge in [-0.25, -0.2) is 0 Å². The minimum atomic E-state index is -2.78. The summed E-state index contributed by atoms with van der Waals surface area (Å²) in [5.74, 6) is -7.39. The van der Waals surface area contributed by atoms with Crippen molar-refractivity contribution in [1.82, 2.24) is 4.90 Å². The van der Waals surface area contributed by atoms with Gasteiger partial charge in [-0.3, -0.25) is 19.3 Å². The van der Waals surface area contributed by atoms with Crippen LogP contribution in [0.2, 0.25) is 0 Å². The Labute approximate surface area is 201 Å². The molecule has 0 radical (unpaired) electrons. The summed E-state index contributed by atoms with van der Waals surface area (Å²) < 4.78 is 5.75. The quantitative estimate of drug-likeness (QED) is 0.353. The van der Waals surface area contributed by atoms with Crippen molar-refractivity contribution in [2.24, 2.45) is 17.6 Å². The number of methoxy groups -OCH3 is 1. The van der Waals surface area contributed by atoms with Gasteiger partial charge in [0.2, 0.25) is 5.78 Å². The van der Waals surface area contributed by atoms with Gasteiger partial charge in [-0.1, -0.05) is 0 Å². The molecule has 11 heteroatoms. The Balaban J connectivity index is 2.07. The van der Waals surface area contributed by atoms with Crippen molar-refractivity contribution in [1.29, 1.82) is 0 Å². The second-order valence-electron chi connectivity index (χ2n) is 9.61. The van der Waals surface area contributed by atoms with Gasteiger partial charge in [0.1, 0.15) is 22.8 Å². The molecule has 1 aromatic rings. The van der Waals surface area contributed by atoms with E-state index < -0.39 is 64.1 Å². The number of phenols is 1. The standard InChI is InChI=1S/C24H29N3O8/c1-26(2)11-6-7-12(28)13-9(11)8-10-14(18(13)29)21(31)24(34)16(20(10)35-5)17(27(3)4)19(30)15(22(24)32)23(25)33/h6-7,10,16-17,20,28-29,32,34H,8H2,1-5H3,(H2,25,33)/t10-,16-,17+,20+,24+/m1/s1. The zero-order chi connectivity index (χ0) is 26.1. The predicted molar refractivity (Wildman–Crippen MR) is 125 cm³/mol. The molecular formula is C24H29N3O8. The van der Waals surface area contributed by atoms with Crippen LogP contribution in [-0.2, 0) is 25.5 Å². The van der Waals surface area contributed by atoms with Gasteiger partial charge < -0.3 is 35.8 Å². The van der Waals surface area contributed by atoms with Gasteiger partial charge in [-0.15, -0.1) is 0 Å².